The summed E-state index contributed by atoms with van der Waals surface area (Å²) in [5, 5.41) is 8.64. The maximum Gasteiger partial charge on any atom is 0.306 e. The van der Waals surface area contributed by atoms with Crippen LogP contribution in [-0.4, -0.2) is 21.0 Å². The Morgan fingerprint density at radius 3 is 2.60 bits per heavy atom. The molecule has 0 aliphatic carbocycles. The number of H-pyrrole nitrogens is 1. The number of nitrogens with zero attached hydrogens (tertiary/aromatic N) is 1. The molecule has 1 aromatic heterocycles. The number of nitrogens with one attached hydrogen (secondary N) is 1. The van der Waals surface area contributed by atoms with Gasteiger partial charge in [0.05, 0.1) is 5.92 Å². The molecule has 0 spiro atoms. The topological polar surface area (TPSA) is 66.0 Å². The fraction of sp³-hybridized carbons (Fsp3) is 0.556. The van der Waals surface area contributed by atoms with Gasteiger partial charge >= 0.3 is 5.97 Å². The molecule has 0 fully saturated rings. The third-order valence-corrected chi connectivity index (χ3v) is 2.10. The van der Waals surface area contributed by atoms with E-state index in [9.17, 15) is 13.6 Å². The SMILES string of the molecule is Cc1[nH]c(CC(C)C(=O)O)nc1C(F)F. The maximum atomic E-state index is 12.3. The first-order valence-corrected chi connectivity index (χ1v) is 4.48. The molecule has 1 rings (SSSR count). The summed E-state index contributed by atoms with van der Waals surface area (Å²) in [5.74, 6) is -1.32. The van der Waals surface area contributed by atoms with E-state index in [1.54, 1.807) is 0 Å². The maximum absolute atomic E-state index is 12.3. The van der Waals surface area contributed by atoms with Crippen molar-refractivity contribution in [1.82, 2.24) is 9.97 Å². The number of rotatable bonds is 4. The van der Waals surface area contributed by atoms with Crippen molar-refractivity contribution in [2.24, 2.45) is 5.92 Å². The zero-order chi connectivity index (χ0) is 11.6. The predicted molar refractivity (Wildman–Crippen MR) is 48.8 cm³/mol. The van der Waals surface area contributed by atoms with Crippen molar-refractivity contribution in [2.45, 2.75) is 26.7 Å². The van der Waals surface area contributed by atoms with Gasteiger partial charge in [0.25, 0.3) is 6.43 Å². The van der Waals surface area contributed by atoms with Crippen LogP contribution in [0.1, 0.15) is 30.6 Å². The van der Waals surface area contributed by atoms with Crippen molar-refractivity contribution in [3.8, 4) is 0 Å². The van der Waals surface area contributed by atoms with E-state index >= 15 is 0 Å². The third-order valence-electron chi connectivity index (χ3n) is 2.10. The molecule has 0 amide bonds. The Kier molecular flexibility index (Phi) is 3.39. The molecule has 15 heavy (non-hydrogen) atoms. The van der Waals surface area contributed by atoms with Gasteiger partial charge in [-0.1, -0.05) is 6.92 Å². The van der Waals surface area contributed by atoms with Crippen LogP contribution in [0.15, 0.2) is 0 Å². The van der Waals surface area contributed by atoms with Gasteiger partial charge in [0, 0.05) is 12.1 Å². The quantitative estimate of drug-likeness (QED) is 0.811. The number of aliphatic carboxylic acids is 1. The first-order chi connectivity index (χ1) is 6.91. The second-order valence-electron chi connectivity index (χ2n) is 3.44. The minimum atomic E-state index is -2.63. The first kappa shape index (κ1) is 11.6. The summed E-state index contributed by atoms with van der Waals surface area (Å²) in [6, 6.07) is 0. The molecule has 0 saturated heterocycles. The van der Waals surface area contributed by atoms with Crippen molar-refractivity contribution < 1.29 is 18.7 Å². The van der Waals surface area contributed by atoms with Crippen LogP contribution in [0.4, 0.5) is 8.78 Å². The highest BCUT2D eigenvalue weighted by atomic mass is 19.3. The molecule has 0 radical (unpaired) electrons. The molecule has 84 valence electrons. The Labute approximate surface area is 85.3 Å². The van der Waals surface area contributed by atoms with E-state index in [4.69, 9.17) is 5.11 Å². The number of aromatic nitrogens is 2. The Morgan fingerprint density at radius 2 is 2.20 bits per heavy atom. The highest BCUT2D eigenvalue weighted by Gasteiger charge is 2.19. The molecule has 4 nitrogen and oxygen atoms in total. The van der Waals surface area contributed by atoms with Crippen molar-refractivity contribution >= 4 is 5.97 Å². The number of carboxylic acids is 1. The Hall–Kier alpha value is -1.46. The Bertz CT molecular complexity index is 363. The van der Waals surface area contributed by atoms with E-state index in [0.29, 0.717) is 0 Å². The van der Waals surface area contributed by atoms with E-state index in [1.807, 2.05) is 0 Å². The molecule has 1 heterocycles. The van der Waals surface area contributed by atoms with Crippen LogP contribution < -0.4 is 0 Å². The van der Waals surface area contributed by atoms with Gasteiger partial charge in [-0.25, -0.2) is 13.8 Å². The summed E-state index contributed by atoms with van der Waals surface area (Å²) in [5.41, 5.74) is -0.0137. The molecule has 1 aromatic rings. The summed E-state index contributed by atoms with van der Waals surface area (Å²) in [6.07, 6.45) is -2.50. The zero-order valence-electron chi connectivity index (χ0n) is 8.42. The van der Waals surface area contributed by atoms with Gasteiger partial charge in [0.2, 0.25) is 0 Å². The molecule has 0 bridgehead atoms. The summed E-state index contributed by atoms with van der Waals surface area (Å²) in [6.45, 7) is 2.99. The lowest BCUT2D eigenvalue weighted by Gasteiger charge is -2.01. The number of hydrogen-bond donors (Lipinski definition) is 2. The lowest BCUT2D eigenvalue weighted by molar-refractivity contribution is -0.141. The van der Waals surface area contributed by atoms with E-state index in [-0.39, 0.29) is 23.6 Å². The lowest BCUT2D eigenvalue weighted by Crippen LogP contribution is -2.13. The van der Waals surface area contributed by atoms with E-state index in [1.165, 1.54) is 13.8 Å². The van der Waals surface area contributed by atoms with Crippen LogP contribution in [0.2, 0.25) is 0 Å². The second-order valence-corrected chi connectivity index (χ2v) is 3.44. The largest absolute Gasteiger partial charge is 0.481 e. The van der Waals surface area contributed by atoms with Gasteiger partial charge in [0.1, 0.15) is 11.5 Å². The molecule has 0 aromatic carbocycles. The number of aromatic amines is 1. The molecule has 1 atom stereocenters. The number of carboxylic acid groups (broad SMARTS) is 1. The summed E-state index contributed by atoms with van der Waals surface area (Å²) >= 11 is 0. The van der Waals surface area contributed by atoms with Crippen LogP contribution in [-0.2, 0) is 11.2 Å². The van der Waals surface area contributed by atoms with E-state index in [0.717, 1.165) is 0 Å². The second kappa shape index (κ2) is 4.37. The average molecular weight is 218 g/mol. The summed E-state index contributed by atoms with van der Waals surface area (Å²) in [7, 11) is 0. The minimum absolute atomic E-state index is 0.128. The van der Waals surface area contributed by atoms with Crippen LogP contribution in [0.25, 0.3) is 0 Å². The zero-order valence-corrected chi connectivity index (χ0v) is 8.42. The Morgan fingerprint density at radius 1 is 1.60 bits per heavy atom. The van der Waals surface area contributed by atoms with Gasteiger partial charge in [-0.2, -0.15) is 0 Å². The van der Waals surface area contributed by atoms with Crippen molar-refractivity contribution in [1.29, 1.82) is 0 Å². The molecule has 1 unspecified atom stereocenters. The standard InChI is InChI=1S/C9H12F2N2O2/c1-4(9(14)15)3-6-12-5(2)7(13-6)8(10)11/h4,8H,3H2,1-2H3,(H,12,13)(H,14,15). The van der Waals surface area contributed by atoms with Crippen LogP contribution in [0.5, 0.6) is 0 Å². The molecular formula is C9H12F2N2O2. The fourth-order valence-electron chi connectivity index (χ4n) is 1.22. The van der Waals surface area contributed by atoms with Crippen LogP contribution in [0.3, 0.4) is 0 Å². The molecule has 6 heteroatoms. The minimum Gasteiger partial charge on any atom is -0.481 e. The molecule has 0 aliphatic rings. The molecule has 0 aliphatic heterocycles. The molecule has 2 N–H and O–H groups in total. The molecular weight excluding hydrogens is 206 g/mol. The van der Waals surface area contributed by atoms with Crippen LogP contribution >= 0.6 is 0 Å². The monoisotopic (exact) mass is 218 g/mol. The summed E-state index contributed by atoms with van der Waals surface area (Å²) in [4.78, 5) is 16.9. The number of halogens is 2. The fourth-order valence-corrected chi connectivity index (χ4v) is 1.22. The van der Waals surface area contributed by atoms with E-state index < -0.39 is 18.3 Å². The number of carbonyl (C=O) groups is 1. The van der Waals surface area contributed by atoms with Gasteiger partial charge in [-0.15, -0.1) is 0 Å². The number of hydrogen-bond acceptors (Lipinski definition) is 2. The van der Waals surface area contributed by atoms with E-state index in [2.05, 4.69) is 9.97 Å². The lowest BCUT2D eigenvalue weighted by atomic mass is 10.1. The third kappa shape index (κ3) is 2.74. The normalized spacial score (nSPS) is 13.1. The summed E-state index contributed by atoms with van der Waals surface area (Å²) < 4.78 is 24.7. The molecule has 0 saturated carbocycles. The predicted octanol–water partition coefficient (Wildman–Crippen LogP) is 1.92. The number of aryl methyl sites for hydroxylation is 1. The highest BCUT2D eigenvalue weighted by molar-refractivity contribution is 5.69. The van der Waals surface area contributed by atoms with Crippen LogP contribution in [0, 0.1) is 12.8 Å². The van der Waals surface area contributed by atoms with Crippen molar-refractivity contribution in [2.75, 3.05) is 0 Å². The first-order valence-electron chi connectivity index (χ1n) is 4.48. The highest BCUT2D eigenvalue weighted by Crippen LogP contribution is 2.20. The average Bonchev–Trinajstić information content (AvgIpc) is 2.46. The number of alkyl halides is 2. The van der Waals surface area contributed by atoms with Crippen molar-refractivity contribution in [3.63, 3.8) is 0 Å². The van der Waals surface area contributed by atoms with Gasteiger partial charge in [0.15, 0.2) is 0 Å². The van der Waals surface area contributed by atoms with Gasteiger partial charge in [-0.3, -0.25) is 4.79 Å². The van der Waals surface area contributed by atoms with Gasteiger partial charge < -0.3 is 10.1 Å². The Balaban J connectivity index is 2.79. The smallest absolute Gasteiger partial charge is 0.306 e. The number of imidazole rings is 1. The van der Waals surface area contributed by atoms with Gasteiger partial charge in [-0.05, 0) is 6.92 Å². The van der Waals surface area contributed by atoms with Crippen molar-refractivity contribution in [3.05, 3.63) is 17.2 Å².